The average molecular weight is 1630 g/mol. The third-order valence-electron chi connectivity index (χ3n) is 27.0. The summed E-state index contributed by atoms with van der Waals surface area (Å²) in [5, 5.41) is 23.4. The smallest absolute Gasteiger partial charge is 0.0590 e. The lowest BCUT2D eigenvalue weighted by molar-refractivity contribution is 1.01. The SMILES string of the molecule is Cn1c2ccccc2c2cc(-c3ccc4c(c3)c3ccccc3n4-c3ccccc3)ccc21.Cn1c2ccccc2c2cc(-n3c4ccccc4c4c5c6ccccc6n(-c6ccccc6)c5ccc43)ccc21.Cn1c2ccccc2c2cc3c4ccccc4n(-c4ccccc4)c3cc21.Cn1c2ccccc2c2ccc3c(c4ccccc4n3-c3ccccc3)c21. The van der Waals surface area contributed by atoms with E-state index in [0.717, 1.165) is 0 Å². The summed E-state index contributed by atoms with van der Waals surface area (Å²) >= 11 is 0. The normalized spacial score (nSPS) is 11.9. The molecular formula is C118H83N9. The number of para-hydroxylation sites is 13. The average Bonchev–Trinajstić information content (AvgIpc) is 1.72. The Labute approximate surface area is 730 Å². The van der Waals surface area contributed by atoms with E-state index >= 15 is 0 Å². The molecule has 0 aliphatic rings. The molecule has 600 valence electrons. The quantitative estimate of drug-likeness (QED) is 0.159. The van der Waals surface area contributed by atoms with Crippen molar-refractivity contribution in [2.24, 2.45) is 28.2 Å². The minimum absolute atomic E-state index is 1.18. The molecule has 0 N–H and O–H groups in total. The molecular weight excluding hydrogens is 1540 g/mol. The van der Waals surface area contributed by atoms with Crippen LogP contribution >= 0.6 is 0 Å². The first kappa shape index (κ1) is 73.1. The molecule has 0 spiro atoms. The zero-order valence-electron chi connectivity index (χ0n) is 70.5. The van der Waals surface area contributed by atoms with Gasteiger partial charge >= 0.3 is 0 Å². The maximum absolute atomic E-state index is 2.44. The third-order valence-corrected chi connectivity index (χ3v) is 27.0. The molecule has 0 fully saturated rings. The van der Waals surface area contributed by atoms with E-state index in [1.165, 1.54) is 236 Å². The number of aromatic nitrogens is 9. The molecule has 0 amide bonds. The van der Waals surface area contributed by atoms with Crippen molar-refractivity contribution in [1.29, 1.82) is 0 Å². The van der Waals surface area contributed by atoms with E-state index in [9.17, 15) is 0 Å². The van der Waals surface area contributed by atoms with Gasteiger partial charge in [0.15, 0.2) is 0 Å². The molecule has 127 heavy (non-hydrogen) atoms. The lowest BCUT2D eigenvalue weighted by Gasteiger charge is -2.10. The first-order valence-electron chi connectivity index (χ1n) is 43.7. The molecule has 0 radical (unpaired) electrons. The number of fused-ring (bicyclic) bond motifs is 29. The summed E-state index contributed by atoms with van der Waals surface area (Å²) in [5.74, 6) is 0. The van der Waals surface area contributed by atoms with Crippen molar-refractivity contribution in [2.75, 3.05) is 0 Å². The van der Waals surface area contributed by atoms with Gasteiger partial charge in [-0.2, -0.15) is 0 Å². The molecule has 9 heteroatoms. The van der Waals surface area contributed by atoms with Crippen molar-refractivity contribution >= 4 is 196 Å². The van der Waals surface area contributed by atoms with Crippen LogP contribution in [-0.2, 0) is 28.2 Å². The molecule has 0 saturated carbocycles. The number of hydrogen-bond acceptors (Lipinski definition) is 0. The Balaban J connectivity index is 0.0000000933. The lowest BCUT2D eigenvalue weighted by Crippen LogP contribution is -1.95. The highest BCUT2D eigenvalue weighted by atomic mass is 15.0. The van der Waals surface area contributed by atoms with Crippen LogP contribution < -0.4 is 0 Å². The number of nitrogens with zero attached hydrogens (tertiary/aromatic N) is 9. The summed E-state index contributed by atoms with van der Waals surface area (Å²) in [6.45, 7) is 0. The summed E-state index contributed by atoms with van der Waals surface area (Å²) in [7, 11) is 8.64. The van der Waals surface area contributed by atoms with Crippen LogP contribution in [0.15, 0.2) is 431 Å². The number of benzene rings is 19. The molecule has 9 heterocycles. The summed E-state index contributed by atoms with van der Waals surface area (Å²) in [4.78, 5) is 0. The second-order valence-corrected chi connectivity index (χ2v) is 33.7. The van der Waals surface area contributed by atoms with Gasteiger partial charge in [-0.3, -0.25) is 0 Å². The van der Waals surface area contributed by atoms with Crippen LogP contribution in [0.1, 0.15) is 0 Å². The van der Waals surface area contributed by atoms with Crippen molar-refractivity contribution < 1.29 is 0 Å². The fourth-order valence-electron chi connectivity index (χ4n) is 21.4. The molecule has 9 nitrogen and oxygen atoms in total. The molecule has 0 unspecified atom stereocenters. The summed E-state index contributed by atoms with van der Waals surface area (Å²) in [6, 6.07) is 155. The first-order valence-corrected chi connectivity index (χ1v) is 43.7. The van der Waals surface area contributed by atoms with Crippen molar-refractivity contribution in [3.63, 3.8) is 0 Å². The van der Waals surface area contributed by atoms with Crippen LogP contribution in [0.25, 0.3) is 236 Å². The molecule has 0 atom stereocenters. The van der Waals surface area contributed by atoms with Gasteiger partial charge in [0, 0.05) is 187 Å². The summed E-state index contributed by atoms with van der Waals surface area (Å²) < 4.78 is 21.2. The van der Waals surface area contributed by atoms with Gasteiger partial charge in [-0.25, -0.2) is 0 Å². The minimum Gasteiger partial charge on any atom is -0.344 e. The van der Waals surface area contributed by atoms with Gasteiger partial charge in [0.1, 0.15) is 0 Å². The topological polar surface area (TPSA) is 44.4 Å². The lowest BCUT2D eigenvalue weighted by atomic mass is 10.0. The van der Waals surface area contributed by atoms with Gasteiger partial charge in [-0.15, -0.1) is 0 Å². The fourth-order valence-corrected chi connectivity index (χ4v) is 21.4. The predicted molar refractivity (Wildman–Crippen MR) is 539 cm³/mol. The minimum atomic E-state index is 1.18. The molecule has 9 aromatic heterocycles. The van der Waals surface area contributed by atoms with E-state index in [1.807, 2.05) is 0 Å². The van der Waals surface area contributed by atoms with Gasteiger partial charge < -0.3 is 41.1 Å². The zero-order valence-corrected chi connectivity index (χ0v) is 70.5. The molecule has 0 bridgehead atoms. The van der Waals surface area contributed by atoms with E-state index in [4.69, 9.17) is 0 Å². The molecule has 0 aliphatic heterocycles. The van der Waals surface area contributed by atoms with Crippen LogP contribution in [0.4, 0.5) is 0 Å². The van der Waals surface area contributed by atoms with Gasteiger partial charge in [-0.1, -0.05) is 255 Å². The largest absolute Gasteiger partial charge is 0.344 e. The molecule has 0 aliphatic carbocycles. The zero-order chi connectivity index (χ0) is 84.2. The van der Waals surface area contributed by atoms with Crippen LogP contribution in [0.3, 0.4) is 0 Å². The number of rotatable bonds is 6. The van der Waals surface area contributed by atoms with E-state index in [2.05, 4.69) is 500 Å². The Morgan fingerprint density at radius 1 is 0.126 bits per heavy atom. The maximum atomic E-state index is 2.44. The Hall–Kier alpha value is -16.6. The monoisotopic (exact) mass is 1630 g/mol. The summed E-state index contributed by atoms with van der Waals surface area (Å²) in [6.07, 6.45) is 0. The van der Waals surface area contributed by atoms with Crippen molar-refractivity contribution in [2.45, 2.75) is 0 Å². The first-order chi connectivity index (χ1) is 62.8. The number of aryl methyl sites for hydroxylation is 4. The van der Waals surface area contributed by atoms with Crippen molar-refractivity contribution in [3.05, 3.63) is 431 Å². The highest BCUT2D eigenvalue weighted by Gasteiger charge is 2.25. The Morgan fingerprint density at radius 2 is 0.370 bits per heavy atom. The second kappa shape index (κ2) is 29.0. The second-order valence-electron chi connectivity index (χ2n) is 33.7. The van der Waals surface area contributed by atoms with E-state index < -0.39 is 0 Å². The maximum Gasteiger partial charge on any atom is 0.0590 e. The van der Waals surface area contributed by atoms with Gasteiger partial charge in [0.2, 0.25) is 0 Å². The van der Waals surface area contributed by atoms with Gasteiger partial charge in [0.25, 0.3) is 0 Å². The molecule has 0 saturated heterocycles. The highest BCUT2D eigenvalue weighted by Crippen LogP contribution is 2.47. The third kappa shape index (κ3) is 11.2. The predicted octanol–water partition coefficient (Wildman–Crippen LogP) is 30.5. The van der Waals surface area contributed by atoms with Crippen LogP contribution in [0, 0.1) is 0 Å². The fraction of sp³-hybridized carbons (Fsp3) is 0.0339. The van der Waals surface area contributed by atoms with Gasteiger partial charge in [-0.05, 0) is 187 Å². The highest BCUT2D eigenvalue weighted by molar-refractivity contribution is 6.30. The van der Waals surface area contributed by atoms with Crippen molar-refractivity contribution in [1.82, 2.24) is 41.1 Å². The Kier molecular flexibility index (Phi) is 16.7. The summed E-state index contributed by atoms with van der Waals surface area (Å²) in [5.41, 5.74) is 31.0. The van der Waals surface area contributed by atoms with E-state index in [0.29, 0.717) is 0 Å². The molecule has 28 rings (SSSR count). The molecule has 19 aromatic carbocycles. The standard InChI is InChI=1S/C37H25N3.C31H22N2.2C25H18N2/c1-38-30-16-8-5-13-26(30)29-23-25(19-20-31(29)38)40-33-18-10-7-15-28(33)37-35(40)22-21-34-36(37)27-14-6-9-17-32(27)39(34)24-11-3-2-4-12-24;1-32-28-13-7-5-11-24(28)26-19-21(15-17-29(26)32)22-16-18-31-27(20-22)25-12-6-8-14-30(25)33(31)23-9-3-2-4-10-23;1-26-22-13-7-5-11-18(22)20-15-21-19-12-6-8-14-23(19)27(25(21)16-24(20)26)17-9-3-2-4-10-17;1-26-21-13-7-5-11-18(21)19-15-16-23-24(25(19)26)20-12-6-8-14-22(20)27(23)17-9-3-2-4-10-17/h2-23H,1H3;2-20H,1H3;2*2-16H,1H3. The molecule has 28 aromatic rings. The van der Waals surface area contributed by atoms with Crippen LogP contribution in [0.2, 0.25) is 0 Å². The van der Waals surface area contributed by atoms with Crippen LogP contribution in [0.5, 0.6) is 0 Å². The Morgan fingerprint density at radius 3 is 0.803 bits per heavy atom. The van der Waals surface area contributed by atoms with Crippen molar-refractivity contribution in [3.8, 4) is 39.6 Å². The van der Waals surface area contributed by atoms with Gasteiger partial charge in [0.05, 0.1) is 66.2 Å². The van der Waals surface area contributed by atoms with Crippen LogP contribution in [-0.4, -0.2) is 41.1 Å². The van der Waals surface area contributed by atoms with E-state index in [1.54, 1.807) is 0 Å². The Bertz CT molecular complexity index is 9270. The number of hydrogen-bond donors (Lipinski definition) is 0. The van der Waals surface area contributed by atoms with E-state index in [-0.39, 0.29) is 0 Å².